The molecular formula is C9H14N5O4P. The van der Waals surface area contributed by atoms with Crippen LogP contribution in [0.4, 0.5) is 5.82 Å². The average Bonchev–Trinajstić information content (AvgIpc) is 2.69. The van der Waals surface area contributed by atoms with Crippen molar-refractivity contribution >= 4 is 24.6 Å². The van der Waals surface area contributed by atoms with E-state index >= 15 is 0 Å². The number of imidazole rings is 1. The minimum Gasteiger partial charge on any atom is -0.392 e. The standard InChI is InChI=1S/C9H14N5O4P/c1-6(15)2-14-4-12-7-8(10-3-11-9(7)14)13-5-19(16,17)18/h3-4,6,15H,2,5H2,1H3,(H,10,11,13)(H2,16,17,18)/t6-/m1/s1. The van der Waals surface area contributed by atoms with Crippen LogP contribution in [0.1, 0.15) is 6.92 Å². The Morgan fingerprint density at radius 3 is 2.79 bits per heavy atom. The largest absolute Gasteiger partial charge is 0.392 e. The molecule has 0 spiro atoms. The van der Waals surface area contributed by atoms with Gasteiger partial charge in [-0.05, 0) is 6.92 Å². The van der Waals surface area contributed by atoms with Gasteiger partial charge in [-0.3, -0.25) is 4.57 Å². The van der Waals surface area contributed by atoms with Gasteiger partial charge in [0.2, 0.25) is 0 Å². The predicted molar refractivity (Wildman–Crippen MR) is 67.5 cm³/mol. The zero-order valence-corrected chi connectivity index (χ0v) is 11.0. The number of anilines is 1. The molecule has 19 heavy (non-hydrogen) atoms. The van der Waals surface area contributed by atoms with Gasteiger partial charge in [-0.15, -0.1) is 0 Å². The maximum Gasteiger partial charge on any atom is 0.344 e. The van der Waals surface area contributed by atoms with Crippen LogP contribution in [-0.2, 0) is 11.1 Å². The van der Waals surface area contributed by atoms with Crippen molar-refractivity contribution in [1.82, 2.24) is 19.5 Å². The Morgan fingerprint density at radius 2 is 2.16 bits per heavy atom. The average molecular weight is 287 g/mol. The van der Waals surface area contributed by atoms with Gasteiger partial charge in [-0.1, -0.05) is 0 Å². The fourth-order valence-electron chi connectivity index (χ4n) is 1.61. The highest BCUT2D eigenvalue weighted by molar-refractivity contribution is 7.51. The number of aromatic nitrogens is 4. The van der Waals surface area contributed by atoms with Crippen molar-refractivity contribution in [2.75, 3.05) is 11.6 Å². The summed E-state index contributed by atoms with van der Waals surface area (Å²) in [6, 6.07) is 0. The van der Waals surface area contributed by atoms with E-state index in [1.165, 1.54) is 12.7 Å². The molecular weight excluding hydrogens is 273 g/mol. The van der Waals surface area contributed by atoms with E-state index < -0.39 is 20.0 Å². The van der Waals surface area contributed by atoms with E-state index in [0.29, 0.717) is 17.7 Å². The van der Waals surface area contributed by atoms with Crippen molar-refractivity contribution in [3.63, 3.8) is 0 Å². The van der Waals surface area contributed by atoms with Crippen LogP contribution in [0.25, 0.3) is 11.2 Å². The minimum absolute atomic E-state index is 0.248. The quantitative estimate of drug-likeness (QED) is 0.553. The molecule has 0 bridgehead atoms. The highest BCUT2D eigenvalue weighted by Crippen LogP contribution is 2.34. The molecule has 2 aromatic heterocycles. The molecule has 0 aromatic carbocycles. The summed E-state index contributed by atoms with van der Waals surface area (Å²) in [5.41, 5.74) is 0.890. The Hall–Kier alpha value is -1.54. The normalized spacial score (nSPS) is 13.7. The highest BCUT2D eigenvalue weighted by atomic mass is 31.2. The third-order valence-electron chi connectivity index (χ3n) is 2.31. The van der Waals surface area contributed by atoms with Crippen LogP contribution >= 0.6 is 7.60 Å². The van der Waals surface area contributed by atoms with E-state index in [4.69, 9.17) is 9.79 Å². The Bertz CT molecular complexity index is 622. The Morgan fingerprint density at radius 1 is 1.42 bits per heavy atom. The van der Waals surface area contributed by atoms with Crippen molar-refractivity contribution in [3.8, 4) is 0 Å². The Labute approximate surface area is 108 Å². The second-order valence-corrected chi connectivity index (χ2v) is 5.79. The van der Waals surface area contributed by atoms with Gasteiger partial charge in [-0.2, -0.15) is 0 Å². The third-order valence-corrected chi connectivity index (χ3v) is 2.88. The van der Waals surface area contributed by atoms with E-state index in [1.807, 2.05) is 0 Å². The van der Waals surface area contributed by atoms with Gasteiger partial charge in [0.05, 0.1) is 19.0 Å². The molecule has 0 amide bonds. The molecule has 0 fully saturated rings. The molecule has 0 radical (unpaired) electrons. The summed E-state index contributed by atoms with van der Waals surface area (Å²) in [5.74, 6) is 0.248. The fraction of sp³-hybridized carbons (Fsp3) is 0.444. The van der Waals surface area contributed by atoms with E-state index in [1.54, 1.807) is 11.5 Å². The molecule has 0 aliphatic carbocycles. The molecule has 2 aromatic rings. The molecule has 0 unspecified atom stereocenters. The van der Waals surface area contributed by atoms with Gasteiger partial charge >= 0.3 is 7.60 Å². The molecule has 9 nitrogen and oxygen atoms in total. The molecule has 0 aliphatic rings. The van der Waals surface area contributed by atoms with Crippen LogP contribution < -0.4 is 5.32 Å². The third kappa shape index (κ3) is 3.48. The lowest BCUT2D eigenvalue weighted by atomic mass is 10.4. The number of hydrogen-bond acceptors (Lipinski definition) is 6. The SMILES string of the molecule is C[C@@H](O)Cn1cnc2c(NCP(=O)(O)O)ncnc21. The molecule has 2 heterocycles. The summed E-state index contributed by atoms with van der Waals surface area (Å²) >= 11 is 0. The van der Waals surface area contributed by atoms with Crippen LogP contribution in [-0.4, -0.2) is 46.8 Å². The van der Waals surface area contributed by atoms with E-state index in [0.717, 1.165) is 0 Å². The van der Waals surface area contributed by atoms with E-state index in [2.05, 4.69) is 20.3 Å². The minimum atomic E-state index is -4.17. The number of nitrogens with one attached hydrogen (secondary N) is 1. The summed E-state index contributed by atoms with van der Waals surface area (Å²) in [5, 5.41) is 11.9. The number of hydrogen-bond donors (Lipinski definition) is 4. The molecule has 2 rings (SSSR count). The van der Waals surface area contributed by atoms with Gasteiger partial charge in [0.25, 0.3) is 0 Å². The molecule has 4 N–H and O–H groups in total. The topological polar surface area (TPSA) is 133 Å². The first-order chi connectivity index (χ1) is 8.87. The summed E-state index contributed by atoms with van der Waals surface area (Å²) in [6.45, 7) is 1.96. The van der Waals surface area contributed by atoms with Crippen molar-refractivity contribution in [3.05, 3.63) is 12.7 Å². The number of rotatable bonds is 5. The fourth-order valence-corrected chi connectivity index (χ4v) is 1.96. The molecule has 0 saturated heterocycles. The summed E-state index contributed by atoms with van der Waals surface area (Å²) in [6.07, 6.45) is 1.68. The van der Waals surface area contributed by atoms with Gasteiger partial charge < -0.3 is 24.8 Å². The second kappa shape index (κ2) is 5.22. The zero-order valence-electron chi connectivity index (χ0n) is 10.1. The lowest BCUT2D eigenvalue weighted by molar-refractivity contribution is 0.175. The van der Waals surface area contributed by atoms with Crippen LogP contribution in [0.15, 0.2) is 12.7 Å². The van der Waals surface area contributed by atoms with Gasteiger partial charge in [0.15, 0.2) is 11.5 Å². The smallest absolute Gasteiger partial charge is 0.344 e. The number of fused-ring (bicyclic) bond motifs is 1. The Balaban J connectivity index is 2.31. The van der Waals surface area contributed by atoms with E-state index in [9.17, 15) is 9.67 Å². The number of aliphatic hydroxyl groups is 1. The first-order valence-corrected chi connectivity index (χ1v) is 7.29. The van der Waals surface area contributed by atoms with Crippen LogP contribution in [0.5, 0.6) is 0 Å². The maximum atomic E-state index is 10.8. The molecule has 10 heteroatoms. The van der Waals surface area contributed by atoms with Crippen molar-refractivity contribution in [2.45, 2.75) is 19.6 Å². The lowest BCUT2D eigenvalue weighted by Gasteiger charge is -2.08. The zero-order chi connectivity index (χ0) is 14.0. The Kier molecular flexibility index (Phi) is 3.81. The van der Waals surface area contributed by atoms with Crippen LogP contribution in [0.3, 0.4) is 0 Å². The van der Waals surface area contributed by atoms with Gasteiger partial charge in [0, 0.05) is 0 Å². The molecule has 1 atom stereocenters. The molecule has 0 aliphatic heterocycles. The summed E-state index contributed by atoms with van der Waals surface area (Å²) in [4.78, 5) is 29.7. The predicted octanol–water partition coefficient (Wildman–Crippen LogP) is -0.246. The number of nitrogens with zero attached hydrogens (tertiary/aromatic N) is 4. The highest BCUT2D eigenvalue weighted by Gasteiger charge is 2.16. The summed E-state index contributed by atoms with van der Waals surface area (Å²) < 4.78 is 12.5. The number of aliphatic hydroxyl groups excluding tert-OH is 1. The second-order valence-electron chi connectivity index (χ2n) is 4.14. The maximum absolute atomic E-state index is 10.8. The van der Waals surface area contributed by atoms with Gasteiger partial charge in [-0.25, -0.2) is 15.0 Å². The van der Waals surface area contributed by atoms with Gasteiger partial charge in [0.1, 0.15) is 18.1 Å². The van der Waals surface area contributed by atoms with Crippen molar-refractivity contribution < 1.29 is 19.5 Å². The van der Waals surface area contributed by atoms with Crippen LogP contribution in [0.2, 0.25) is 0 Å². The van der Waals surface area contributed by atoms with Crippen LogP contribution in [0, 0.1) is 0 Å². The first kappa shape index (κ1) is 13.9. The first-order valence-electron chi connectivity index (χ1n) is 5.49. The lowest BCUT2D eigenvalue weighted by Crippen LogP contribution is -2.11. The van der Waals surface area contributed by atoms with Crippen molar-refractivity contribution in [2.24, 2.45) is 0 Å². The summed E-state index contributed by atoms with van der Waals surface area (Å²) in [7, 11) is -4.17. The molecule has 104 valence electrons. The monoisotopic (exact) mass is 287 g/mol. The molecule has 0 saturated carbocycles. The van der Waals surface area contributed by atoms with E-state index in [-0.39, 0.29) is 5.82 Å². The van der Waals surface area contributed by atoms with Crippen molar-refractivity contribution in [1.29, 1.82) is 0 Å².